The van der Waals surface area contributed by atoms with E-state index in [-0.39, 0.29) is 30.1 Å². The number of hydrogen-bond acceptors (Lipinski definition) is 11. The van der Waals surface area contributed by atoms with Gasteiger partial charge >= 0.3 is 23.4 Å². The molecule has 0 bridgehead atoms. The predicted octanol–water partition coefficient (Wildman–Crippen LogP) is 2.17. The largest absolute Gasteiger partial charge is 0.497 e. The zero-order valence-electron chi connectivity index (χ0n) is 20.2. The van der Waals surface area contributed by atoms with Crippen LogP contribution in [0.5, 0.6) is 23.3 Å². The first-order chi connectivity index (χ1) is 16.8. The number of sulfone groups is 1. The Morgan fingerprint density at radius 1 is 1.17 bits per heavy atom. The van der Waals surface area contributed by atoms with E-state index >= 15 is 0 Å². The molecule has 1 aromatic heterocycles. The van der Waals surface area contributed by atoms with Crippen molar-refractivity contribution in [3.63, 3.8) is 0 Å². The van der Waals surface area contributed by atoms with Crippen LogP contribution in [0.3, 0.4) is 0 Å². The van der Waals surface area contributed by atoms with E-state index in [1.807, 2.05) is 0 Å². The fraction of sp³-hybridized carbons (Fsp3) is 0.429. The Labute approximate surface area is 206 Å². The fourth-order valence-electron chi connectivity index (χ4n) is 2.90. The summed E-state index contributed by atoms with van der Waals surface area (Å²) in [6.07, 6.45) is 0.893. The van der Waals surface area contributed by atoms with Crippen molar-refractivity contribution in [1.29, 1.82) is 0 Å². The van der Waals surface area contributed by atoms with Gasteiger partial charge in [0.1, 0.15) is 11.5 Å². The number of nitro groups is 1. The summed E-state index contributed by atoms with van der Waals surface area (Å²) in [4.78, 5) is 43.1. The molecule has 36 heavy (non-hydrogen) atoms. The normalized spacial score (nSPS) is 11.9. The quantitative estimate of drug-likeness (QED) is 0.241. The summed E-state index contributed by atoms with van der Waals surface area (Å²) >= 11 is 0. The molecule has 0 aliphatic heterocycles. The van der Waals surface area contributed by atoms with E-state index in [1.54, 1.807) is 6.92 Å². The molecule has 0 radical (unpaired) electrons. The maximum atomic E-state index is 12.4. The standard InChI is InChI=1S/C21H26N4O10S/c1-6-12(7-16(26)27)11-34-18-17(25(29)30)19(23-21(22-18)36(5,31)32)35-15-9-13(20(28)24(2)3)8-14(10-15)33-4/h8-10,12H,6-7,11H2,1-5H3,(H,26,27). The summed E-state index contributed by atoms with van der Waals surface area (Å²) in [7, 11) is 0.305. The Morgan fingerprint density at radius 2 is 1.78 bits per heavy atom. The molecule has 0 fully saturated rings. The van der Waals surface area contributed by atoms with Crippen LogP contribution in [0.15, 0.2) is 23.4 Å². The van der Waals surface area contributed by atoms with Crippen LogP contribution in [0.2, 0.25) is 0 Å². The van der Waals surface area contributed by atoms with E-state index < -0.39 is 55.2 Å². The van der Waals surface area contributed by atoms with E-state index in [4.69, 9.17) is 19.3 Å². The third-order valence-electron chi connectivity index (χ3n) is 4.79. The minimum atomic E-state index is -4.08. The highest BCUT2D eigenvalue weighted by molar-refractivity contribution is 7.90. The van der Waals surface area contributed by atoms with Gasteiger partial charge in [-0.3, -0.25) is 19.7 Å². The minimum absolute atomic E-state index is 0.107. The highest BCUT2D eigenvalue weighted by Crippen LogP contribution is 2.38. The van der Waals surface area contributed by atoms with Crippen molar-refractivity contribution in [1.82, 2.24) is 14.9 Å². The summed E-state index contributed by atoms with van der Waals surface area (Å²) in [6, 6.07) is 4.02. The molecule has 0 spiro atoms. The van der Waals surface area contributed by atoms with Crippen molar-refractivity contribution in [2.45, 2.75) is 24.9 Å². The van der Waals surface area contributed by atoms with Gasteiger partial charge in [0, 0.05) is 37.9 Å². The second kappa shape index (κ2) is 11.6. The molecule has 1 aromatic carbocycles. The lowest BCUT2D eigenvalue weighted by Crippen LogP contribution is -2.21. The lowest BCUT2D eigenvalue weighted by atomic mass is 10.0. The molecule has 0 aliphatic rings. The predicted molar refractivity (Wildman–Crippen MR) is 124 cm³/mol. The molecule has 1 unspecified atom stereocenters. The van der Waals surface area contributed by atoms with Gasteiger partial charge in [-0.05, 0) is 18.6 Å². The van der Waals surface area contributed by atoms with Gasteiger partial charge in [0.2, 0.25) is 9.84 Å². The molecular weight excluding hydrogens is 500 g/mol. The Hall–Kier alpha value is -4.01. The van der Waals surface area contributed by atoms with Gasteiger partial charge in [-0.1, -0.05) is 6.92 Å². The first kappa shape index (κ1) is 28.2. The number of benzene rings is 1. The third kappa shape index (κ3) is 7.24. The number of hydrogen-bond donors (Lipinski definition) is 1. The number of methoxy groups -OCH3 is 1. The topological polar surface area (TPSA) is 188 Å². The number of carbonyl (C=O) groups excluding carboxylic acids is 1. The van der Waals surface area contributed by atoms with Gasteiger partial charge in [0.25, 0.3) is 11.1 Å². The molecule has 1 amide bonds. The summed E-state index contributed by atoms with van der Waals surface area (Å²) in [5.74, 6) is -3.42. The van der Waals surface area contributed by atoms with Gasteiger partial charge in [-0.15, -0.1) is 0 Å². The molecule has 15 heteroatoms. The van der Waals surface area contributed by atoms with Gasteiger partial charge in [0.15, 0.2) is 0 Å². The van der Waals surface area contributed by atoms with Crippen molar-refractivity contribution < 1.29 is 42.2 Å². The van der Waals surface area contributed by atoms with Crippen LogP contribution in [-0.4, -0.2) is 79.3 Å². The highest BCUT2D eigenvalue weighted by atomic mass is 32.2. The van der Waals surface area contributed by atoms with E-state index in [2.05, 4.69) is 9.97 Å². The van der Waals surface area contributed by atoms with Gasteiger partial charge in [-0.25, -0.2) is 8.42 Å². The molecule has 0 aliphatic carbocycles. The number of aliphatic carboxylic acids is 1. The number of aromatic nitrogens is 2. The van der Waals surface area contributed by atoms with Gasteiger partial charge < -0.3 is 24.2 Å². The van der Waals surface area contributed by atoms with Gasteiger partial charge in [-0.2, -0.15) is 9.97 Å². The van der Waals surface area contributed by atoms with E-state index in [0.29, 0.717) is 6.42 Å². The van der Waals surface area contributed by atoms with Crippen LogP contribution in [-0.2, 0) is 14.6 Å². The summed E-state index contributed by atoms with van der Waals surface area (Å²) in [5.41, 5.74) is -0.749. The second-order valence-corrected chi connectivity index (χ2v) is 9.79. The van der Waals surface area contributed by atoms with Crippen molar-refractivity contribution >= 4 is 27.4 Å². The molecule has 196 valence electrons. The number of carboxylic acids is 1. The number of nitrogens with zero attached hydrogens (tertiary/aromatic N) is 4. The zero-order chi connectivity index (χ0) is 27.2. The first-order valence-corrected chi connectivity index (χ1v) is 12.4. The monoisotopic (exact) mass is 526 g/mol. The maximum absolute atomic E-state index is 12.4. The second-order valence-electron chi connectivity index (χ2n) is 7.88. The average Bonchev–Trinajstić information content (AvgIpc) is 2.79. The summed E-state index contributed by atoms with van der Waals surface area (Å²) < 4.78 is 40.5. The number of rotatable bonds is 12. The smallest absolute Gasteiger partial charge is 0.392 e. The molecule has 2 rings (SSSR count). The van der Waals surface area contributed by atoms with Crippen LogP contribution in [0.1, 0.15) is 30.1 Å². The van der Waals surface area contributed by atoms with Gasteiger partial charge in [0.05, 0.1) is 25.1 Å². The van der Waals surface area contributed by atoms with Crippen LogP contribution in [0.25, 0.3) is 0 Å². The zero-order valence-corrected chi connectivity index (χ0v) is 21.1. The van der Waals surface area contributed by atoms with Crippen LogP contribution in [0.4, 0.5) is 5.69 Å². The molecule has 14 nitrogen and oxygen atoms in total. The lowest BCUT2D eigenvalue weighted by molar-refractivity contribution is -0.387. The molecular formula is C21H26N4O10S. The van der Waals surface area contributed by atoms with Crippen molar-refractivity contribution in [2.24, 2.45) is 5.92 Å². The Bertz CT molecular complexity index is 1260. The number of ether oxygens (including phenoxy) is 3. The summed E-state index contributed by atoms with van der Waals surface area (Å²) in [6.45, 7) is 1.42. The highest BCUT2D eigenvalue weighted by Gasteiger charge is 2.32. The van der Waals surface area contributed by atoms with Crippen LogP contribution >= 0.6 is 0 Å². The first-order valence-electron chi connectivity index (χ1n) is 10.5. The van der Waals surface area contributed by atoms with Crippen molar-refractivity contribution in [2.75, 3.05) is 34.1 Å². The number of carbonyl (C=O) groups is 2. The molecule has 1 heterocycles. The third-order valence-corrected chi connectivity index (χ3v) is 5.64. The maximum Gasteiger partial charge on any atom is 0.392 e. The Kier molecular flexibility index (Phi) is 9.11. The van der Waals surface area contributed by atoms with Crippen molar-refractivity contribution in [3.05, 3.63) is 33.9 Å². The lowest BCUT2D eigenvalue weighted by Gasteiger charge is -2.15. The van der Waals surface area contributed by atoms with Crippen LogP contribution in [0, 0.1) is 16.0 Å². The molecule has 0 saturated heterocycles. The molecule has 2 aromatic rings. The fourth-order valence-corrected chi connectivity index (χ4v) is 3.39. The minimum Gasteiger partial charge on any atom is -0.497 e. The number of carboxylic acid groups (broad SMARTS) is 1. The molecule has 1 N–H and O–H groups in total. The van der Waals surface area contributed by atoms with Crippen LogP contribution < -0.4 is 14.2 Å². The van der Waals surface area contributed by atoms with E-state index in [1.165, 1.54) is 44.3 Å². The molecule has 0 saturated carbocycles. The van der Waals surface area contributed by atoms with Crippen molar-refractivity contribution in [3.8, 4) is 23.3 Å². The molecule has 1 atom stereocenters. The number of amides is 1. The average molecular weight is 527 g/mol. The van der Waals surface area contributed by atoms with E-state index in [9.17, 15) is 28.1 Å². The summed E-state index contributed by atoms with van der Waals surface area (Å²) in [5, 5.41) is 20.1. The SMILES string of the molecule is CCC(COc1nc(S(C)(=O)=O)nc(Oc2cc(OC)cc(C(=O)N(C)C)c2)c1[N+](=O)[O-])CC(=O)O. The van der Waals surface area contributed by atoms with E-state index in [0.717, 1.165) is 6.26 Å². The Balaban J connectivity index is 2.63. The Morgan fingerprint density at radius 3 is 2.28 bits per heavy atom.